The molecule has 1 aromatic heterocycles. The molecule has 2 aromatic rings. The number of H-pyrrole nitrogens is 1. The van der Waals surface area contributed by atoms with Crippen molar-refractivity contribution in [2.75, 3.05) is 26.2 Å². The Hall–Kier alpha value is -1.000. The number of hydrogen-bond acceptors (Lipinski definition) is 2. The van der Waals surface area contributed by atoms with E-state index in [1.807, 2.05) is 12.3 Å². The van der Waals surface area contributed by atoms with Crippen LogP contribution in [0.1, 0.15) is 18.0 Å². The van der Waals surface area contributed by atoms with Crippen LogP contribution in [0.25, 0.3) is 10.9 Å². The summed E-state index contributed by atoms with van der Waals surface area (Å²) >= 11 is 0. The first-order chi connectivity index (χ1) is 9.38. The lowest BCUT2D eigenvalue weighted by molar-refractivity contribution is 0.174. The van der Waals surface area contributed by atoms with E-state index in [2.05, 4.69) is 46.0 Å². The van der Waals surface area contributed by atoms with Crippen molar-refractivity contribution in [1.29, 1.82) is 0 Å². The van der Waals surface area contributed by atoms with Gasteiger partial charge in [-0.05, 0) is 35.6 Å². The summed E-state index contributed by atoms with van der Waals surface area (Å²) in [6, 6.07) is 9.33. The quantitative estimate of drug-likeness (QED) is 0.841. The zero-order valence-corrected chi connectivity index (χ0v) is 13.7. The molecule has 2 heterocycles. The fraction of sp³-hybridized carbons (Fsp3) is 0.375. The van der Waals surface area contributed by atoms with E-state index in [1.165, 1.54) is 16.5 Å². The topological polar surface area (TPSA) is 31.1 Å². The van der Waals surface area contributed by atoms with Crippen LogP contribution >= 0.6 is 24.8 Å². The van der Waals surface area contributed by atoms with Gasteiger partial charge >= 0.3 is 0 Å². The maximum atomic E-state index is 3.92. The molecule has 1 atom stereocenters. The molecule has 5 heteroatoms. The molecule has 0 spiro atoms. The van der Waals surface area contributed by atoms with E-state index in [1.54, 1.807) is 0 Å². The monoisotopic (exact) mass is 327 g/mol. The van der Waals surface area contributed by atoms with Gasteiger partial charge in [-0.15, -0.1) is 31.4 Å². The van der Waals surface area contributed by atoms with Crippen LogP contribution in [0, 0.1) is 0 Å². The summed E-state index contributed by atoms with van der Waals surface area (Å²) in [7, 11) is 0. The van der Waals surface area contributed by atoms with Crippen LogP contribution in [-0.4, -0.2) is 36.1 Å². The highest BCUT2D eigenvalue weighted by Gasteiger charge is 2.21. The SMILES string of the molecule is C=CC[C@H](c1ccc2[nH]ccc2c1)N1CCNCC1.Cl.Cl. The van der Waals surface area contributed by atoms with Crippen LogP contribution < -0.4 is 5.32 Å². The minimum atomic E-state index is 0. The van der Waals surface area contributed by atoms with Gasteiger partial charge < -0.3 is 10.3 Å². The molecule has 0 saturated carbocycles. The highest BCUT2D eigenvalue weighted by Crippen LogP contribution is 2.27. The number of aromatic amines is 1. The highest BCUT2D eigenvalue weighted by molar-refractivity contribution is 5.85. The second-order valence-corrected chi connectivity index (χ2v) is 5.15. The molecule has 116 valence electrons. The van der Waals surface area contributed by atoms with Crippen molar-refractivity contribution in [2.45, 2.75) is 12.5 Å². The third-order valence-electron chi connectivity index (χ3n) is 3.94. The molecule has 0 unspecified atom stereocenters. The summed E-state index contributed by atoms with van der Waals surface area (Å²) in [5, 5.41) is 4.71. The van der Waals surface area contributed by atoms with Gasteiger partial charge in [0.05, 0.1) is 0 Å². The van der Waals surface area contributed by atoms with Crippen molar-refractivity contribution in [3.63, 3.8) is 0 Å². The molecular formula is C16H23Cl2N3. The van der Waals surface area contributed by atoms with Crippen LogP contribution in [-0.2, 0) is 0 Å². The van der Waals surface area contributed by atoms with Crippen LogP contribution in [0.15, 0.2) is 43.1 Å². The fourth-order valence-electron chi connectivity index (χ4n) is 2.93. The van der Waals surface area contributed by atoms with E-state index in [9.17, 15) is 0 Å². The van der Waals surface area contributed by atoms with Crippen molar-refractivity contribution in [2.24, 2.45) is 0 Å². The number of nitrogens with zero attached hydrogens (tertiary/aromatic N) is 1. The van der Waals surface area contributed by atoms with Crippen LogP contribution in [0.4, 0.5) is 0 Å². The molecule has 1 saturated heterocycles. The molecule has 0 aliphatic carbocycles. The molecule has 2 N–H and O–H groups in total. The Morgan fingerprint density at radius 1 is 1.19 bits per heavy atom. The molecule has 3 nitrogen and oxygen atoms in total. The average Bonchev–Trinajstić information content (AvgIpc) is 2.93. The molecular weight excluding hydrogens is 305 g/mol. The lowest BCUT2D eigenvalue weighted by atomic mass is 10.00. The third kappa shape index (κ3) is 4.01. The Morgan fingerprint density at radius 3 is 2.67 bits per heavy atom. The molecule has 1 fully saturated rings. The van der Waals surface area contributed by atoms with Crippen molar-refractivity contribution in [3.8, 4) is 0 Å². The summed E-state index contributed by atoms with van der Waals surface area (Å²) in [5.74, 6) is 0. The summed E-state index contributed by atoms with van der Waals surface area (Å²) < 4.78 is 0. The minimum absolute atomic E-state index is 0. The second-order valence-electron chi connectivity index (χ2n) is 5.15. The summed E-state index contributed by atoms with van der Waals surface area (Å²) in [5.41, 5.74) is 2.61. The van der Waals surface area contributed by atoms with Gasteiger partial charge in [0.2, 0.25) is 0 Å². The Bertz CT molecular complexity index is 561. The van der Waals surface area contributed by atoms with E-state index in [0.29, 0.717) is 6.04 Å². The van der Waals surface area contributed by atoms with E-state index >= 15 is 0 Å². The Kier molecular flexibility index (Phi) is 7.26. The minimum Gasteiger partial charge on any atom is -0.361 e. The van der Waals surface area contributed by atoms with Gasteiger partial charge in [-0.2, -0.15) is 0 Å². The Labute approximate surface area is 138 Å². The van der Waals surface area contributed by atoms with Gasteiger partial charge in [-0.25, -0.2) is 0 Å². The summed E-state index contributed by atoms with van der Waals surface area (Å²) in [4.78, 5) is 5.81. The van der Waals surface area contributed by atoms with Crippen molar-refractivity contribution >= 4 is 35.7 Å². The molecule has 0 radical (unpaired) electrons. The first-order valence-electron chi connectivity index (χ1n) is 7.01. The number of rotatable bonds is 4. The van der Waals surface area contributed by atoms with Gasteiger partial charge in [-0.1, -0.05) is 12.1 Å². The number of piperazine rings is 1. The molecule has 0 amide bonds. The molecule has 1 aliphatic heterocycles. The molecule has 1 aliphatic rings. The largest absolute Gasteiger partial charge is 0.361 e. The third-order valence-corrected chi connectivity index (χ3v) is 3.94. The van der Waals surface area contributed by atoms with Gasteiger partial charge in [0, 0.05) is 43.9 Å². The van der Waals surface area contributed by atoms with Gasteiger partial charge in [0.15, 0.2) is 0 Å². The number of benzene rings is 1. The number of nitrogens with one attached hydrogen (secondary N) is 2. The summed E-state index contributed by atoms with van der Waals surface area (Å²) in [6.07, 6.45) is 5.05. The molecule has 21 heavy (non-hydrogen) atoms. The van der Waals surface area contributed by atoms with Crippen molar-refractivity contribution < 1.29 is 0 Å². The zero-order chi connectivity index (χ0) is 13.1. The Balaban J connectivity index is 0.00000110. The van der Waals surface area contributed by atoms with Gasteiger partial charge in [0.1, 0.15) is 0 Å². The molecule has 0 bridgehead atoms. The molecule has 1 aromatic carbocycles. The maximum absolute atomic E-state index is 3.92. The predicted octanol–water partition coefficient (Wildman–Crippen LogP) is 3.53. The van der Waals surface area contributed by atoms with Crippen LogP contribution in [0.2, 0.25) is 0 Å². The van der Waals surface area contributed by atoms with Crippen molar-refractivity contribution in [3.05, 3.63) is 48.7 Å². The predicted molar refractivity (Wildman–Crippen MR) is 94.8 cm³/mol. The number of halogens is 2. The Morgan fingerprint density at radius 2 is 1.95 bits per heavy atom. The number of fused-ring (bicyclic) bond motifs is 1. The zero-order valence-electron chi connectivity index (χ0n) is 12.0. The van der Waals surface area contributed by atoms with E-state index in [-0.39, 0.29) is 24.8 Å². The number of hydrogen-bond donors (Lipinski definition) is 2. The van der Waals surface area contributed by atoms with E-state index in [4.69, 9.17) is 0 Å². The van der Waals surface area contributed by atoms with Crippen molar-refractivity contribution in [1.82, 2.24) is 15.2 Å². The smallest absolute Gasteiger partial charge is 0.0454 e. The van der Waals surface area contributed by atoms with E-state index < -0.39 is 0 Å². The standard InChI is InChI=1S/C16H21N3.2ClH/c1-2-3-16(19-10-8-17-9-11-19)14-4-5-15-13(12-14)6-7-18-15;;/h2,4-7,12,16-18H,1,3,8-11H2;2*1H/t16-;;/m1../s1. The first kappa shape index (κ1) is 18.1. The maximum Gasteiger partial charge on any atom is 0.0454 e. The van der Waals surface area contributed by atoms with Gasteiger partial charge in [0.25, 0.3) is 0 Å². The fourth-order valence-corrected chi connectivity index (χ4v) is 2.93. The molecule has 3 rings (SSSR count). The summed E-state index contributed by atoms with van der Waals surface area (Å²) in [6.45, 7) is 8.32. The lowest BCUT2D eigenvalue weighted by Gasteiger charge is -2.34. The highest BCUT2D eigenvalue weighted by atomic mass is 35.5. The van der Waals surface area contributed by atoms with E-state index in [0.717, 1.165) is 32.6 Å². The van der Waals surface area contributed by atoms with Crippen LogP contribution in [0.5, 0.6) is 0 Å². The van der Waals surface area contributed by atoms with Gasteiger partial charge in [-0.3, -0.25) is 4.90 Å². The first-order valence-corrected chi connectivity index (χ1v) is 7.01. The number of aromatic nitrogens is 1. The van der Waals surface area contributed by atoms with Crippen LogP contribution in [0.3, 0.4) is 0 Å². The lowest BCUT2D eigenvalue weighted by Crippen LogP contribution is -2.45. The second kappa shape index (κ2) is 8.44. The average molecular weight is 328 g/mol. The normalized spacial score (nSPS) is 16.8.